The smallest absolute Gasteiger partial charge is 0.275 e. The van der Waals surface area contributed by atoms with Crippen LogP contribution in [0.15, 0.2) is 53.3 Å². The molecule has 4 rings (SSSR count). The third kappa shape index (κ3) is 5.80. The summed E-state index contributed by atoms with van der Waals surface area (Å²) < 4.78 is 17.9. The van der Waals surface area contributed by atoms with Crippen molar-refractivity contribution in [1.82, 2.24) is 19.5 Å². The van der Waals surface area contributed by atoms with Crippen LogP contribution in [-0.4, -0.2) is 40.8 Å². The van der Waals surface area contributed by atoms with Crippen molar-refractivity contribution in [3.63, 3.8) is 0 Å². The summed E-state index contributed by atoms with van der Waals surface area (Å²) in [5, 5.41) is 5.34. The molecule has 0 spiro atoms. The summed E-state index contributed by atoms with van der Waals surface area (Å²) >= 11 is 1.47. The molecule has 0 fully saturated rings. The Hall–Kier alpha value is -3.43. The van der Waals surface area contributed by atoms with Gasteiger partial charge in [0.25, 0.3) is 5.56 Å². The molecule has 0 aliphatic heterocycles. The highest BCUT2D eigenvalue weighted by atomic mass is 32.1. The molecule has 0 saturated carbocycles. The van der Waals surface area contributed by atoms with E-state index >= 15 is 0 Å². The van der Waals surface area contributed by atoms with Crippen LogP contribution in [0.25, 0.3) is 4.96 Å². The van der Waals surface area contributed by atoms with Crippen LogP contribution in [0.5, 0.6) is 17.2 Å². The lowest BCUT2D eigenvalue weighted by molar-refractivity contribution is 0.243. The Balaban J connectivity index is 1.67. The summed E-state index contributed by atoms with van der Waals surface area (Å²) in [6, 6.07) is 15.7. The molecule has 9 heteroatoms. The van der Waals surface area contributed by atoms with Crippen LogP contribution in [0.3, 0.4) is 0 Å². The third-order valence-electron chi connectivity index (χ3n) is 5.57. The highest BCUT2D eigenvalue weighted by molar-refractivity contribution is 7.16. The Morgan fingerprint density at radius 3 is 2.23 bits per heavy atom. The molecule has 0 bridgehead atoms. The first-order chi connectivity index (χ1) is 17.0. The Labute approximate surface area is 208 Å². The topological polar surface area (TPSA) is 78.2 Å². The molecule has 0 aliphatic rings. The molecular formula is C26H30N4O4S. The monoisotopic (exact) mass is 494 g/mol. The van der Waals surface area contributed by atoms with Gasteiger partial charge in [-0.25, -0.2) is 4.98 Å². The number of ether oxygens (including phenoxy) is 3. The standard InChI is InChI=1S/C26H30N4O4S/c1-5-9-23-28-30-24(31)14-20(27-26(30)35-23)17-29(15-18-10-7-6-8-11-18)16-19-12-21(32-2)25(34-4)22(13-19)33-3/h6-8,10-14H,5,9,15-17H2,1-4H3. The van der Waals surface area contributed by atoms with Gasteiger partial charge >= 0.3 is 0 Å². The minimum atomic E-state index is -0.156. The fourth-order valence-electron chi connectivity index (χ4n) is 4.02. The van der Waals surface area contributed by atoms with E-state index in [0.717, 1.165) is 23.4 Å². The summed E-state index contributed by atoms with van der Waals surface area (Å²) in [5.74, 6) is 1.77. The predicted octanol–water partition coefficient (Wildman–Crippen LogP) is 4.33. The van der Waals surface area contributed by atoms with E-state index in [2.05, 4.69) is 29.1 Å². The second kappa shape index (κ2) is 11.3. The van der Waals surface area contributed by atoms with Gasteiger partial charge in [0.15, 0.2) is 11.5 Å². The molecule has 0 N–H and O–H groups in total. The van der Waals surface area contributed by atoms with Gasteiger partial charge in [-0.1, -0.05) is 48.6 Å². The Morgan fingerprint density at radius 2 is 1.60 bits per heavy atom. The molecule has 2 aromatic heterocycles. The Morgan fingerprint density at radius 1 is 0.914 bits per heavy atom. The maximum atomic E-state index is 12.8. The van der Waals surface area contributed by atoms with Gasteiger partial charge in [-0.15, -0.1) is 0 Å². The van der Waals surface area contributed by atoms with Crippen molar-refractivity contribution in [1.29, 1.82) is 0 Å². The van der Waals surface area contributed by atoms with Crippen molar-refractivity contribution in [3.8, 4) is 17.2 Å². The maximum absolute atomic E-state index is 12.8. The van der Waals surface area contributed by atoms with Crippen LogP contribution in [0.1, 0.15) is 35.2 Å². The van der Waals surface area contributed by atoms with Crippen molar-refractivity contribution < 1.29 is 14.2 Å². The molecule has 0 amide bonds. The van der Waals surface area contributed by atoms with Gasteiger partial charge in [-0.2, -0.15) is 9.61 Å². The number of nitrogens with zero attached hydrogens (tertiary/aromatic N) is 4. The molecule has 2 aromatic carbocycles. The van der Waals surface area contributed by atoms with Crippen molar-refractivity contribution >= 4 is 16.3 Å². The van der Waals surface area contributed by atoms with Crippen LogP contribution in [-0.2, 0) is 26.1 Å². The average Bonchev–Trinajstić information content (AvgIpc) is 3.27. The summed E-state index contributed by atoms with van der Waals surface area (Å²) in [4.78, 5) is 20.4. The van der Waals surface area contributed by atoms with E-state index in [1.165, 1.54) is 21.4 Å². The van der Waals surface area contributed by atoms with Gasteiger partial charge in [0.1, 0.15) is 5.01 Å². The van der Waals surface area contributed by atoms with E-state index in [1.54, 1.807) is 27.4 Å². The molecular weight excluding hydrogens is 464 g/mol. The Bertz CT molecular complexity index is 1310. The lowest BCUT2D eigenvalue weighted by Gasteiger charge is -2.23. The Kier molecular flexibility index (Phi) is 7.99. The lowest BCUT2D eigenvalue weighted by atomic mass is 10.1. The molecule has 8 nitrogen and oxygen atoms in total. The van der Waals surface area contributed by atoms with Crippen molar-refractivity contribution in [2.24, 2.45) is 0 Å². The maximum Gasteiger partial charge on any atom is 0.275 e. The first-order valence-electron chi connectivity index (χ1n) is 11.5. The molecule has 0 unspecified atom stereocenters. The minimum Gasteiger partial charge on any atom is -0.493 e. The molecule has 0 atom stereocenters. The van der Waals surface area contributed by atoms with Crippen molar-refractivity contribution in [3.05, 3.63) is 80.7 Å². The number of hydrogen-bond donors (Lipinski definition) is 0. The van der Waals surface area contributed by atoms with Gasteiger partial charge in [0.2, 0.25) is 10.7 Å². The predicted molar refractivity (Wildman–Crippen MR) is 137 cm³/mol. The molecule has 0 aliphatic carbocycles. The van der Waals surface area contributed by atoms with E-state index in [1.807, 2.05) is 30.3 Å². The number of aryl methyl sites for hydroxylation is 1. The fraction of sp³-hybridized carbons (Fsp3) is 0.346. The SMILES string of the molecule is CCCc1nn2c(=O)cc(CN(Cc3ccccc3)Cc3cc(OC)c(OC)c(OC)c3)nc2s1. The van der Waals surface area contributed by atoms with E-state index in [-0.39, 0.29) is 5.56 Å². The summed E-state index contributed by atoms with van der Waals surface area (Å²) in [6.45, 7) is 3.87. The van der Waals surface area contributed by atoms with Crippen LogP contribution in [0, 0.1) is 0 Å². The number of fused-ring (bicyclic) bond motifs is 1. The zero-order chi connectivity index (χ0) is 24.8. The second-order valence-corrected chi connectivity index (χ2v) is 9.23. The van der Waals surface area contributed by atoms with E-state index in [0.29, 0.717) is 47.5 Å². The molecule has 35 heavy (non-hydrogen) atoms. The third-order valence-corrected chi connectivity index (χ3v) is 6.54. The lowest BCUT2D eigenvalue weighted by Crippen LogP contribution is -2.25. The van der Waals surface area contributed by atoms with E-state index in [9.17, 15) is 4.79 Å². The number of aromatic nitrogens is 3. The van der Waals surface area contributed by atoms with Gasteiger partial charge in [0, 0.05) is 32.1 Å². The number of methoxy groups -OCH3 is 3. The van der Waals surface area contributed by atoms with Crippen molar-refractivity contribution in [2.45, 2.75) is 39.4 Å². The van der Waals surface area contributed by atoms with Crippen molar-refractivity contribution in [2.75, 3.05) is 21.3 Å². The molecule has 2 heterocycles. The quantitative estimate of drug-likeness (QED) is 0.307. The number of rotatable bonds is 11. The van der Waals surface area contributed by atoms with E-state index in [4.69, 9.17) is 19.2 Å². The first kappa shape index (κ1) is 24.7. The summed E-state index contributed by atoms with van der Waals surface area (Å²) in [7, 11) is 4.81. The second-order valence-electron chi connectivity index (χ2n) is 8.19. The molecule has 0 saturated heterocycles. The molecule has 0 radical (unpaired) electrons. The van der Waals surface area contributed by atoms with Gasteiger partial charge < -0.3 is 14.2 Å². The van der Waals surface area contributed by atoms with Gasteiger partial charge in [-0.3, -0.25) is 9.69 Å². The first-order valence-corrected chi connectivity index (χ1v) is 12.3. The van der Waals surface area contributed by atoms with Gasteiger partial charge in [0.05, 0.1) is 27.0 Å². The van der Waals surface area contributed by atoms with Crippen LogP contribution in [0.2, 0.25) is 0 Å². The molecule has 4 aromatic rings. The average molecular weight is 495 g/mol. The zero-order valence-electron chi connectivity index (χ0n) is 20.5. The van der Waals surface area contributed by atoms with Crippen LogP contribution in [0.4, 0.5) is 0 Å². The number of hydrogen-bond acceptors (Lipinski definition) is 8. The summed E-state index contributed by atoms with van der Waals surface area (Å²) in [5.41, 5.74) is 2.72. The van der Waals surface area contributed by atoms with Crippen LogP contribution >= 0.6 is 11.3 Å². The highest BCUT2D eigenvalue weighted by Crippen LogP contribution is 2.38. The minimum absolute atomic E-state index is 0.156. The normalized spacial score (nSPS) is 11.2. The fourth-order valence-corrected chi connectivity index (χ4v) is 5.03. The number of benzene rings is 2. The largest absolute Gasteiger partial charge is 0.493 e. The summed E-state index contributed by atoms with van der Waals surface area (Å²) in [6.07, 6.45) is 1.81. The van der Waals surface area contributed by atoms with Crippen LogP contribution < -0.4 is 19.8 Å². The molecule has 184 valence electrons. The highest BCUT2D eigenvalue weighted by Gasteiger charge is 2.17. The zero-order valence-corrected chi connectivity index (χ0v) is 21.3. The van der Waals surface area contributed by atoms with Gasteiger partial charge in [-0.05, 0) is 29.7 Å². The van der Waals surface area contributed by atoms with E-state index < -0.39 is 0 Å².